The minimum absolute atomic E-state index is 0.144. The van der Waals surface area contributed by atoms with E-state index in [1.165, 1.54) is 4.90 Å². The number of nitrogens with zero attached hydrogens (tertiary/aromatic N) is 3. The number of amides is 1. The zero-order valence-corrected chi connectivity index (χ0v) is 12.2. The van der Waals surface area contributed by atoms with Crippen LogP contribution in [0.15, 0.2) is 24.3 Å². The molecule has 1 aromatic heterocycles. The number of halogens is 2. The maximum Gasteiger partial charge on any atom is 0.295 e. The van der Waals surface area contributed by atoms with Crippen LogP contribution in [-0.4, -0.2) is 29.8 Å². The van der Waals surface area contributed by atoms with Crippen LogP contribution in [0.25, 0.3) is 0 Å². The second-order valence-electron chi connectivity index (χ2n) is 3.54. The first-order valence-electron chi connectivity index (χ1n) is 5.20. The summed E-state index contributed by atoms with van der Waals surface area (Å²) in [6, 6.07) is 6.99. The Kier molecular flexibility index (Phi) is 4.57. The van der Waals surface area contributed by atoms with E-state index in [0.717, 1.165) is 11.3 Å². The van der Waals surface area contributed by atoms with Crippen molar-refractivity contribution in [2.24, 2.45) is 0 Å². The highest BCUT2D eigenvalue weighted by atomic mass is 35.5. The van der Waals surface area contributed by atoms with E-state index < -0.39 is 0 Å². The standard InChI is InChI=1S/C11H9Cl2N3O2S/c1-16(8-4-2-3-7(12)5-8)9(17)6-18-11-15-14-10(13)19-11/h2-5H,6H2,1H3. The van der Waals surface area contributed by atoms with Gasteiger partial charge in [-0.2, -0.15) is 0 Å². The molecule has 0 saturated heterocycles. The van der Waals surface area contributed by atoms with Gasteiger partial charge in [0, 0.05) is 17.8 Å². The van der Waals surface area contributed by atoms with Gasteiger partial charge in [-0.25, -0.2) is 0 Å². The van der Waals surface area contributed by atoms with Crippen molar-refractivity contribution in [3.63, 3.8) is 0 Å². The highest BCUT2D eigenvalue weighted by molar-refractivity contribution is 7.17. The van der Waals surface area contributed by atoms with Gasteiger partial charge in [0.25, 0.3) is 11.1 Å². The van der Waals surface area contributed by atoms with Crippen LogP contribution in [0.4, 0.5) is 5.69 Å². The van der Waals surface area contributed by atoms with Gasteiger partial charge in [0.1, 0.15) is 0 Å². The Hall–Kier alpha value is -1.37. The molecule has 100 valence electrons. The number of aromatic nitrogens is 2. The molecule has 0 fully saturated rings. The molecule has 1 heterocycles. The lowest BCUT2D eigenvalue weighted by molar-refractivity contribution is -0.120. The summed E-state index contributed by atoms with van der Waals surface area (Å²) >= 11 is 12.5. The first kappa shape index (κ1) is 14.0. The van der Waals surface area contributed by atoms with Gasteiger partial charge < -0.3 is 9.64 Å². The zero-order chi connectivity index (χ0) is 13.8. The molecule has 0 radical (unpaired) electrons. The number of likely N-dealkylation sites (N-methyl/N-ethyl adjacent to an activating group) is 1. The Morgan fingerprint density at radius 1 is 1.42 bits per heavy atom. The van der Waals surface area contributed by atoms with Crippen LogP contribution >= 0.6 is 34.5 Å². The van der Waals surface area contributed by atoms with Gasteiger partial charge in [-0.3, -0.25) is 4.79 Å². The maximum absolute atomic E-state index is 11.9. The molecule has 0 aliphatic heterocycles. The monoisotopic (exact) mass is 317 g/mol. The Labute approximate surface area is 123 Å². The SMILES string of the molecule is CN(C(=O)COc1nnc(Cl)s1)c1cccc(Cl)c1. The van der Waals surface area contributed by atoms with Crippen molar-refractivity contribution in [3.8, 4) is 5.19 Å². The summed E-state index contributed by atoms with van der Waals surface area (Å²) in [7, 11) is 1.64. The molecule has 2 aromatic rings. The molecule has 19 heavy (non-hydrogen) atoms. The first-order valence-corrected chi connectivity index (χ1v) is 6.77. The van der Waals surface area contributed by atoms with Gasteiger partial charge in [0.05, 0.1) is 0 Å². The number of hydrogen-bond acceptors (Lipinski definition) is 5. The highest BCUT2D eigenvalue weighted by Crippen LogP contribution is 2.22. The summed E-state index contributed by atoms with van der Waals surface area (Å²) in [6.45, 7) is -0.144. The molecular formula is C11H9Cl2N3O2S. The summed E-state index contributed by atoms with van der Waals surface area (Å²) in [4.78, 5) is 13.4. The third-order valence-electron chi connectivity index (χ3n) is 2.27. The highest BCUT2D eigenvalue weighted by Gasteiger charge is 2.13. The molecular weight excluding hydrogens is 309 g/mol. The normalized spacial score (nSPS) is 10.3. The van der Waals surface area contributed by atoms with Gasteiger partial charge in [0.15, 0.2) is 6.61 Å². The van der Waals surface area contributed by atoms with Gasteiger partial charge in [-0.1, -0.05) is 22.8 Å². The van der Waals surface area contributed by atoms with Gasteiger partial charge in [-0.15, -0.1) is 5.10 Å². The summed E-state index contributed by atoms with van der Waals surface area (Å²) in [5, 5.41) is 8.06. The number of anilines is 1. The zero-order valence-electron chi connectivity index (χ0n) is 9.84. The molecule has 1 amide bonds. The van der Waals surface area contributed by atoms with Crippen molar-refractivity contribution in [1.82, 2.24) is 10.2 Å². The van der Waals surface area contributed by atoms with Crippen LogP contribution in [0, 0.1) is 0 Å². The molecule has 1 aromatic carbocycles. The Morgan fingerprint density at radius 2 is 2.21 bits per heavy atom. The van der Waals surface area contributed by atoms with E-state index in [4.69, 9.17) is 27.9 Å². The fourth-order valence-corrected chi connectivity index (χ4v) is 2.15. The van der Waals surface area contributed by atoms with Crippen molar-refractivity contribution in [2.45, 2.75) is 0 Å². The van der Waals surface area contributed by atoms with Crippen LogP contribution in [0.2, 0.25) is 9.49 Å². The van der Waals surface area contributed by atoms with E-state index in [1.807, 2.05) is 0 Å². The van der Waals surface area contributed by atoms with E-state index in [1.54, 1.807) is 31.3 Å². The van der Waals surface area contributed by atoms with E-state index in [-0.39, 0.29) is 22.2 Å². The number of rotatable bonds is 4. The van der Waals surface area contributed by atoms with Crippen molar-refractivity contribution >= 4 is 46.1 Å². The van der Waals surface area contributed by atoms with Gasteiger partial charge >= 0.3 is 0 Å². The van der Waals surface area contributed by atoms with E-state index in [2.05, 4.69) is 10.2 Å². The third-order valence-corrected chi connectivity index (χ3v) is 3.44. The number of carbonyl (C=O) groups is 1. The molecule has 0 bridgehead atoms. The number of benzene rings is 1. The van der Waals surface area contributed by atoms with E-state index >= 15 is 0 Å². The number of hydrogen-bond donors (Lipinski definition) is 0. The molecule has 5 nitrogen and oxygen atoms in total. The maximum atomic E-state index is 11.9. The summed E-state index contributed by atoms with van der Waals surface area (Å²) in [6.07, 6.45) is 0. The number of carbonyl (C=O) groups excluding carboxylic acids is 1. The Morgan fingerprint density at radius 3 is 2.84 bits per heavy atom. The smallest absolute Gasteiger partial charge is 0.295 e. The largest absolute Gasteiger partial charge is 0.459 e. The second-order valence-corrected chi connectivity index (χ2v) is 5.50. The second kappa shape index (κ2) is 6.18. The third kappa shape index (κ3) is 3.79. The lowest BCUT2D eigenvalue weighted by Crippen LogP contribution is -2.31. The molecule has 0 unspecified atom stereocenters. The van der Waals surface area contributed by atoms with Crippen molar-refractivity contribution in [1.29, 1.82) is 0 Å². The Balaban J connectivity index is 1.96. The minimum atomic E-state index is -0.228. The molecule has 0 saturated carbocycles. The Bertz CT molecular complexity index is 591. The van der Waals surface area contributed by atoms with Gasteiger partial charge in [0.2, 0.25) is 4.47 Å². The van der Waals surface area contributed by atoms with Crippen LogP contribution in [0.1, 0.15) is 0 Å². The van der Waals surface area contributed by atoms with E-state index in [9.17, 15) is 4.79 Å². The first-order chi connectivity index (χ1) is 9.06. The van der Waals surface area contributed by atoms with Crippen LogP contribution in [0.5, 0.6) is 5.19 Å². The predicted octanol–water partition coefficient (Wildman–Crippen LogP) is 2.89. The fraction of sp³-hybridized carbons (Fsp3) is 0.182. The predicted molar refractivity (Wildman–Crippen MR) is 75.3 cm³/mol. The molecule has 0 aliphatic rings. The molecule has 0 N–H and O–H groups in total. The minimum Gasteiger partial charge on any atom is -0.459 e. The molecule has 0 atom stereocenters. The summed E-state index contributed by atoms with van der Waals surface area (Å²) in [5.41, 5.74) is 0.691. The summed E-state index contributed by atoms with van der Waals surface area (Å²) < 4.78 is 5.47. The van der Waals surface area contributed by atoms with E-state index in [0.29, 0.717) is 10.7 Å². The summed E-state index contributed by atoms with van der Waals surface area (Å²) in [5.74, 6) is -0.228. The van der Waals surface area contributed by atoms with Crippen molar-refractivity contribution < 1.29 is 9.53 Å². The van der Waals surface area contributed by atoms with Crippen LogP contribution < -0.4 is 9.64 Å². The van der Waals surface area contributed by atoms with Crippen molar-refractivity contribution in [3.05, 3.63) is 33.8 Å². The molecule has 2 rings (SSSR count). The average Bonchev–Trinajstić information content (AvgIpc) is 2.81. The van der Waals surface area contributed by atoms with Crippen LogP contribution in [0.3, 0.4) is 0 Å². The average molecular weight is 318 g/mol. The lowest BCUT2D eigenvalue weighted by atomic mass is 10.3. The van der Waals surface area contributed by atoms with Gasteiger partial charge in [-0.05, 0) is 41.1 Å². The quantitative estimate of drug-likeness (QED) is 0.870. The fourth-order valence-electron chi connectivity index (χ4n) is 1.30. The molecule has 0 spiro atoms. The molecule has 8 heteroatoms. The molecule has 0 aliphatic carbocycles. The van der Waals surface area contributed by atoms with Crippen molar-refractivity contribution in [2.75, 3.05) is 18.6 Å². The number of ether oxygens (including phenoxy) is 1. The topological polar surface area (TPSA) is 55.3 Å². The lowest BCUT2D eigenvalue weighted by Gasteiger charge is -2.17. The van der Waals surface area contributed by atoms with Crippen LogP contribution in [-0.2, 0) is 4.79 Å².